The van der Waals surface area contributed by atoms with Crippen LogP contribution >= 0.6 is 0 Å². The van der Waals surface area contributed by atoms with Crippen LogP contribution in [0.25, 0.3) is 0 Å². The van der Waals surface area contributed by atoms with Crippen LogP contribution in [0.2, 0.25) is 0 Å². The summed E-state index contributed by atoms with van der Waals surface area (Å²) in [6.45, 7) is 1.88. The van der Waals surface area contributed by atoms with Crippen LogP contribution in [-0.2, 0) is 0 Å². The largest absolute Gasteiger partial charge is 0.294 e. The predicted molar refractivity (Wildman–Crippen MR) is 47.4 cm³/mol. The second-order valence-electron chi connectivity index (χ2n) is 3.80. The van der Waals surface area contributed by atoms with Gasteiger partial charge in [-0.15, -0.1) is 0 Å². The van der Waals surface area contributed by atoms with Gasteiger partial charge >= 0.3 is 0 Å². The van der Waals surface area contributed by atoms with Gasteiger partial charge in [-0.05, 0) is 25.7 Å². The van der Waals surface area contributed by atoms with Crippen molar-refractivity contribution in [1.29, 1.82) is 0 Å². The molecule has 1 saturated carbocycles. The minimum atomic E-state index is -2.60. The smallest absolute Gasteiger partial charge is 0.279 e. The Hall–Kier alpha value is -1.13. The minimum absolute atomic E-state index is 0.00926. The molecule has 1 aliphatic rings. The molecule has 1 aromatic rings. The molecule has 3 nitrogen and oxygen atoms in total. The third-order valence-electron chi connectivity index (χ3n) is 2.71. The summed E-state index contributed by atoms with van der Waals surface area (Å²) in [7, 11) is 0. The number of H-pyrrole nitrogens is 1. The molecule has 14 heavy (non-hydrogen) atoms. The van der Waals surface area contributed by atoms with E-state index in [4.69, 9.17) is 0 Å². The highest BCUT2D eigenvalue weighted by Crippen LogP contribution is 2.38. The van der Waals surface area contributed by atoms with Crippen LogP contribution in [0.5, 0.6) is 0 Å². The van der Waals surface area contributed by atoms with Crippen LogP contribution in [0, 0.1) is 5.92 Å². The zero-order chi connectivity index (χ0) is 10.3. The normalized spacial score (nSPS) is 18.9. The number of hydrogen-bond acceptors (Lipinski definition) is 1. The lowest BCUT2D eigenvalue weighted by Crippen LogP contribution is -2.21. The van der Waals surface area contributed by atoms with Gasteiger partial charge in [0.25, 0.3) is 12.0 Å². The maximum Gasteiger partial charge on any atom is 0.279 e. The van der Waals surface area contributed by atoms with Crippen LogP contribution in [0.3, 0.4) is 0 Å². The summed E-state index contributed by atoms with van der Waals surface area (Å²) in [5.74, 6) is 0.469. The Morgan fingerprint density at radius 2 is 2.21 bits per heavy atom. The highest BCUT2D eigenvalue weighted by Gasteiger charge is 2.30. The van der Waals surface area contributed by atoms with Crippen molar-refractivity contribution in [2.45, 2.75) is 32.2 Å². The molecular formula is C9H12F2N2O. The quantitative estimate of drug-likeness (QED) is 0.800. The predicted octanol–water partition coefficient (Wildman–Crippen LogP) is 2.08. The van der Waals surface area contributed by atoms with Crippen molar-refractivity contribution in [1.82, 2.24) is 9.78 Å². The minimum Gasteiger partial charge on any atom is -0.294 e. The van der Waals surface area contributed by atoms with E-state index in [-0.39, 0.29) is 17.3 Å². The number of aromatic nitrogens is 2. The molecule has 1 aromatic heterocycles. The number of nitrogens with one attached hydrogen (secondary N) is 1. The van der Waals surface area contributed by atoms with E-state index < -0.39 is 6.43 Å². The summed E-state index contributed by atoms with van der Waals surface area (Å²) >= 11 is 0. The van der Waals surface area contributed by atoms with Crippen molar-refractivity contribution in [3.05, 3.63) is 22.1 Å². The van der Waals surface area contributed by atoms with Gasteiger partial charge in [0.15, 0.2) is 0 Å². The Morgan fingerprint density at radius 3 is 2.64 bits per heavy atom. The Balaban J connectivity index is 2.28. The van der Waals surface area contributed by atoms with E-state index in [0.29, 0.717) is 5.92 Å². The standard InChI is InChI=1S/C9H12F2N2O/c1-5(6-2-3-6)13-8(14)4-7(12-13)9(10)11/h4-6,9,12H,2-3H2,1H3. The van der Waals surface area contributed by atoms with Gasteiger partial charge in [0.1, 0.15) is 5.69 Å². The maximum atomic E-state index is 12.3. The zero-order valence-corrected chi connectivity index (χ0v) is 7.84. The summed E-state index contributed by atoms with van der Waals surface area (Å²) in [6.07, 6.45) is -0.442. The van der Waals surface area contributed by atoms with E-state index in [2.05, 4.69) is 5.10 Å². The fourth-order valence-electron chi connectivity index (χ4n) is 1.63. The van der Waals surface area contributed by atoms with Gasteiger partial charge < -0.3 is 0 Å². The van der Waals surface area contributed by atoms with Crippen LogP contribution in [0.1, 0.15) is 37.9 Å². The molecule has 2 rings (SSSR count). The van der Waals surface area contributed by atoms with Crippen molar-refractivity contribution >= 4 is 0 Å². The number of rotatable bonds is 3. The molecule has 0 aromatic carbocycles. The number of aromatic amines is 1. The van der Waals surface area contributed by atoms with Crippen molar-refractivity contribution in [3.8, 4) is 0 Å². The molecule has 5 heteroatoms. The highest BCUT2D eigenvalue weighted by molar-refractivity contribution is 5.02. The van der Waals surface area contributed by atoms with Crippen molar-refractivity contribution in [3.63, 3.8) is 0 Å². The molecule has 0 radical (unpaired) electrons. The Kier molecular flexibility index (Phi) is 2.17. The lowest BCUT2D eigenvalue weighted by molar-refractivity contribution is 0.144. The molecule has 0 aliphatic heterocycles. The summed E-state index contributed by atoms with van der Waals surface area (Å²) in [6, 6.07) is 0.985. The van der Waals surface area contributed by atoms with Crippen LogP contribution in [0.15, 0.2) is 10.9 Å². The number of nitrogens with zero attached hydrogens (tertiary/aromatic N) is 1. The Bertz CT molecular complexity index is 378. The Morgan fingerprint density at radius 1 is 1.57 bits per heavy atom. The average molecular weight is 202 g/mol. The second kappa shape index (κ2) is 3.22. The van der Waals surface area contributed by atoms with Gasteiger partial charge in [-0.25, -0.2) is 13.5 Å². The number of halogens is 2. The molecule has 1 fully saturated rings. The molecular weight excluding hydrogens is 190 g/mol. The van der Waals surface area contributed by atoms with Crippen molar-refractivity contribution < 1.29 is 8.78 Å². The van der Waals surface area contributed by atoms with Crippen molar-refractivity contribution in [2.24, 2.45) is 5.92 Å². The third-order valence-corrected chi connectivity index (χ3v) is 2.71. The Labute approximate surface area is 79.7 Å². The van der Waals surface area contributed by atoms with Gasteiger partial charge in [-0.2, -0.15) is 0 Å². The van der Waals surface area contributed by atoms with Gasteiger partial charge in [-0.3, -0.25) is 9.89 Å². The molecule has 1 aliphatic carbocycles. The average Bonchev–Trinajstić information content (AvgIpc) is 2.88. The zero-order valence-electron chi connectivity index (χ0n) is 7.84. The maximum absolute atomic E-state index is 12.3. The molecule has 1 N–H and O–H groups in total. The first-order valence-electron chi connectivity index (χ1n) is 4.69. The number of hydrogen-bond donors (Lipinski definition) is 1. The third kappa shape index (κ3) is 1.58. The summed E-state index contributed by atoms with van der Waals surface area (Å²) in [5, 5.41) is 2.46. The van der Waals surface area contributed by atoms with E-state index in [9.17, 15) is 13.6 Å². The SMILES string of the molecule is CC(C1CC1)n1[nH]c(C(F)F)cc1=O. The van der Waals surface area contributed by atoms with E-state index in [1.54, 1.807) is 0 Å². The summed E-state index contributed by atoms with van der Waals surface area (Å²) in [4.78, 5) is 11.3. The number of alkyl halides is 2. The molecule has 1 heterocycles. The lowest BCUT2D eigenvalue weighted by atomic mass is 10.2. The van der Waals surface area contributed by atoms with Gasteiger partial charge in [-0.1, -0.05) is 0 Å². The van der Waals surface area contributed by atoms with Crippen LogP contribution in [0.4, 0.5) is 8.78 Å². The van der Waals surface area contributed by atoms with E-state index in [1.165, 1.54) is 4.68 Å². The fourth-order valence-corrected chi connectivity index (χ4v) is 1.63. The molecule has 0 spiro atoms. The first-order chi connectivity index (χ1) is 6.59. The summed E-state index contributed by atoms with van der Waals surface area (Å²) in [5.41, 5.74) is -0.651. The topological polar surface area (TPSA) is 37.8 Å². The first kappa shape index (κ1) is 9.43. The van der Waals surface area contributed by atoms with Gasteiger partial charge in [0, 0.05) is 6.07 Å². The molecule has 1 unspecified atom stereocenters. The summed E-state index contributed by atoms with van der Waals surface area (Å²) < 4.78 is 25.8. The molecule has 1 atom stereocenters. The molecule has 0 bridgehead atoms. The van der Waals surface area contributed by atoms with E-state index in [0.717, 1.165) is 18.9 Å². The van der Waals surface area contributed by atoms with E-state index >= 15 is 0 Å². The monoisotopic (exact) mass is 202 g/mol. The van der Waals surface area contributed by atoms with E-state index in [1.807, 2.05) is 6.92 Å². The fraction of sp³-hybridized carbons (Fsp3) is 0.667. The van der Waals surface area contributed by atoms with Crippen LogP contribution in [-0.4, -0.2) is 9.78 Å². The first-order valence-corrected chi connectivity index (χ1v) is 4.69. The molecule has 0 amide bonds. The molecule has 0 saturated heterocycles. The van der Waals surface area contributed by atoms with Crippen LogP contribution < -0.4 is 5.56 Å². The molecule has 78 valence electrons. The highest BCUT2D eigenvalue weighted by atomic mass is 19.3. The lowest BCUT2D eigenvalue weighted by Gasteiger charge is -2.10. The van der Waals surface area contributed by atoms with Gasteiger partial charge in [0.05, 0.1) is 6.04 Å². The second-order valence-corrected chi connectivity index (χ2v) is 3.80. The van der Waals surface area contributed by atoms with Gasteiger partial charge in [0.2, 0.25) is 0 Å². The van der Waals surface area contributed by atoms with Crippen molar-refractivity contribution in [2.75, 3.05) is 0 Å².